The summed E-state index contributed by atoms with van der Waals surface area (Å²) in [6, 6.07) is 5.76. The van der Waals surface area contributed by atoms with Gasteiger partial charge in [0, 0.05) is 29.2 Å². The first-order valence-corrected chi connectivity index (χ1v) is 9.37. The van der Waals surface area contributed by atoms with Crippen molar-refractivity contribution < 1.29 is 18.3 Å². The molecule has 2 aromatic rings. The van der Waals surface area contributed by atoms with Crippen molar-refractivity contribution in [1.82, 2.24) is 9.29 Å². The summed E-state index contributed by atoms with van der Waals surface area (Å²) in [5, 5.41) is 10.9. The van der Waals surface area contributed by atoms with Crippen LogP contribution in [-0.4, -0.2) is 41.4 Å². The fourth-order valence-electron chi connectivity index (χ4n) is 3.70. The number of pyridine rings is 1. The number of hydrogen-bond acceptors (Lipinski definition) is 4. The second-order valence-corrected chi connectivity index (χ2v) is 8.72. The van der Waals surface area contributed by atoms with Gasteiger partial charge in [-0.2, -0.15) is 4.31 Å². The maximum Gasteiger partial charge on any atom is 0.322 e. The molecule has 2 heterocycles. The first-order valence-electron chi connectivity index (χ1n) is 7.93. The minimum absolute atomic E-state index is 0.127. The van der Waals surface area contributed by atoms with Crippen molar-refractivity contribution in [2.24, 2.45) is 5.41 Å². The maximum atomic E-state index is 13.2. The number of aryl methyl sites for hydroxylation is 1. The highest BCUT2D eigenvalue weighted by molar-refractivity contribution is 7.89. The molecule has 0 radical (unpaired) electrons. The molecule has 24 heavy (non-hydrogen) atoms. The van der Waals surface area contributed by atoms with Crippen LogP contribution in [0.4, 0.5) is 0 Å². The van der Waals surface area contributed by atoms with E-state index in [0.29, 0.717) is 18.4 Å². The van der Waals surface area contributed by atoms with Gasteiger partial charge in [-0.05, 0) is 43.7 Å². The SMILES string of the molecule is Cc1nccc2c(S(=O)(=O)N3CC4(CC4)C[C@H]3C(=O)O)cccc12. The average molecular weight is 346 g/mol. The minimum Gasteiger partial charge on any atom is -0.480 e. The highest BCUT2D eigenvalue weighted by atomic mass is 32.2. The van der Waals surface area contributed by atoms with Crippen LogP contribution in [0.5, 0.6) is 0 Å². The molecular formula is C17H18N2O4S. The Morgan fingerprint density at radius 2 is 2.04 bits per heavy atom. The van der Waals surface area contributed by atoms with E-state index in [2.05, 4.69) is 4.98 Å². The highest BCUT2D eigenvalue weighted by Crippen LogP contribution is 2.56. The van der Waals surface area contributed by atoms with Crippen LogP contribution < -0.4 is 0 Å². The Kier molecular flexibility index (Phi) is 3.24. The molecule has 126 valence electrons. The molecule has 2 fully saturated rings. The molecule has 1 spiro atoms. The Balaban J connectivity index is 1.86. The lowest BCUT2D eigenvalue weighted by Gasteiger charge is -2.22. The fourth-order valence-corrected chi connectivity index (χ4v) is 5.60. The molecule has 1 saturated heterocycles. The van der Waals surface area contributed by atoms with Crippen LogP contribution in [-0.2, 0) is 14.8 Å². The predicted molar refractivity (Wildman–Crippen MR) is 88.1 cm³/mol. The molecule has 6 nitrogen and oxygen atoms in total. The third-order valence-corrected chi connectivity index (χ3v) is 7.17. The number of carbonyl (C=O) groups is 1. The number of carboxylic acids is 1. The molecule has 1 aliphatic heterocycles. The average Bonchev–Trinajstić information content (AvgIpc) is 3.16. The Hall–Kier alpha value is -1.99. The summed E-state index contributed by atoms with van der Waals surface area (Å²) in [6.07, 6.45) is 3.80. The normalized spacial score (nSPS) is 23.0. The van der Waals surface area contributed by atoms with Crippen molar-refractivity contribution in [2.45, 2.75) is 37.1 Å². The van der Waals surface area contributed by atoms with E-state index >= 15 is 0 Å². The molecule has 1 saturated carbocycles. The molecule has 0 unspecified atom stereocenters. The Morgan fingerprint density at radius 3 is 2.71 bits per heavy atom. The highest BCUT2D eigenvalue weighted by Gasteiger charge is 2.57. The number of carboxylic acid groups (broad SMARTS) is 1. The third kappa shape index (κ3) is 2.22. The molecule has 2 aliphatic rings. The summed E-state index contributed by atoms with van der Waals surface area (Å²) >= 11 is 0. The van der Waals surface area contributed by atoms with Gasteiger partial charge in [-0.3, -0.25) is 9.78 Å². The second kappa shape index (κ2) is 5.00. The standard InChI is InChI=1S/C17H18N2O4S/c1-11-12-3-2-4-15(13(12)5-8-18-11)24(22,23)19-10-17(6-7-17)9-14(19)16(20)21/h2-5,8,14H,6-7,9-10H2,1H3,(H,20,21)/t14-/m0/s1. The van der Waals surface area contributed by atoms with Gasteiger partial charge < -0.3 is 5.11 Å². The monoisotopic (exact) mass is 346 g/mol. The first kappa shape index (κ1) is 15.5. The van der Waals surface area contributed by atoms with E-state index in [-0.39, 0.29) is 10.3 Å². The molecule has 1 atom stereocenters. The number of hydrogen-bond donors (Lipinski definition) is 1. The zero-order chi connectivity index (χ0) is 17.1. The summed E-state index contributed by atoms with van der Waals surface area (Å²) in [5.74, 6) is -1.07. The van der Waals surface area contributed by atoms with Crippen LogP contribution in [0, 0.1) is 12.3 Å². The van der Waals surface area contributed by atoms with Gasteiger partial charge >= 0.3 is 5.97 Å². The molecule has 0 amide bonds. The topological polar surface area (TPSA) is 87.6 Å². The van der Waals surface area contributed by atoms with Gasteiger partial charge in [0.05, 0.1) is 4.90 Å². The predicted octanol–water partition coefficient (Wildman–Crippen LogP) is 2.17. The van der Waals surface area contributed by atoms with Gasteiger partial charge in [-0.25, -0.2) is 8.42 Å². The number of benzene rings is 1. The number of aromatic nitrogens is 1. The van der Waals surface area contributed by atoms with Gasteiger partial charge in [0.25, 0.3) is 0 Å². The van der Waals surface area contributed by atoms with E-state index in [1.54, 1.807) is 24.4 Å². The maximum absolute atomic E-state index is 13.2. The van der Waals surface area contributed by atoms with Gasteiger partial charge in [0.15, 0.2) is 0 Å². The second-order valence-electron chi connectivity index (χ2n) is 6.86. The van der Waals surface area contributed by atoms with E-state index in [0.717, 1.165) is 23.9 Å². The molecule has 1 aromatic carbocycles. The van der Waals surface area contributed by atoms with Crippen LogP contribution in [0.3, 0.4) is 0 Å². The Morgan fingerprint density at radius 1 is 1.29 bits per heavy atom. The Labute approximate surface area is 140 Å². The number of fused-ring (bicyclic) bond motifs is 1. The van der Waals surface area contributed by atoms with Crippen LogP contribution in [0.15, 0.2) is 35.4 Å². The first-order chi connectivity index (χ1) is 11.3. The van der Waals surface area contributed by atoms with Gasteiger partial charge in [0.1, 0.15) is 6.04 Å². The summed E-state index contributed by atoms with van der Waals surface area (Å²) in [5.41, 5.74) is 0.623. The van der Waals surface area contributed by atoms with Gasteiger partial charge in [0.2, 0.25) is 10.0 Å². The fraction of sp³-hybridized carbons (Fsp3) is 0.412. The summed E-state index contributed by atoms with van der Waals surface area (Å²) in [4.78, 5) is 16.0. The largest absolute Gasteiger partial charge is 0.480 e. The van der Waals surface area contributed by atoms with E-state index in [1.807, 2.05) is 13.0 Å². The molecule has 1 aliphatic carbocycles. The Bertz CT molecular complexity index is 950. The zero-order valence-electron chi connectivity index (χ0n) is 13.3. The van der Waals surface area contributed by atoms with Crippen LogP contribution in [0.2, 0.25) is 0 Å². The van der Waals surface area contributed by atoms with Crippen LogP contribution >= 0.6 is 0 Å². The quantitative estimate of drug-likeness (QED) is 0.920. The number of rotatable bonds is 3. The smallest absolute Gasteiger partial charge is 0.322 e. The number of aliphatic carboxylic acids is 1. The number of nitrogens with zero attached hydrogens (tertiary/aromatic N) is 2. The van der Waals surface area contributed by atoms with E-state index in [1.165, 1.54) is 4.31 Å². The zero-order valence-corrected chi connectivity index (χ0v) is 14.1. The molecule has 7 heteroatoms. The lowest BCUT2D eigenvalue weighted by molar-refractivity contribution is -0.140. The van der Waals surface area contributed by atoms with Crippen molar-refractivity contribution >= 4 is 26.8 Å². The van der Waals surface area contributed by atoms with Crippen molar-refractivity contribution in [3.05, 3.63) is 36.2 Å². The third-order valence-electron chi connectivity index (χ3n) is 5.26. The van der Waals surface area contributed by atoms with E-state index in [4.69, 9.17) is 0 Å². The molecule has 1 aromatic heterocycles. The molecule has 0 bridgehead atoms. The summed E-state index contributed by atoms with van der Waals surface area (Å²) in [7, 11) is -3.88. The molecular weight excluding hydrogens is 328 g/mol. The van der Waals surface area contributed by atoms with Crippen LogP contribution in [0.1, 0.15) is 25.0 Å². The lowest BCUT2D eigenvalue weighted by Crippen LogP contribution is -2.40. The van der Waals surface area contributed by atoms with Gasteiger partial charge in [-0.1, -0.05) is 12.1 Å². The molecule has 1 N–H and O–H groups in total. The van der Waals surface area contributed by atoms with Gasteiger partial charge in [-0.15, -0.1) is 0 Å². The van der Waals surface area contributed by atoms with Crippen LogP contribution in [0.25, 0.3) is 10.8 Å². The van der Waals surface area contributed by atoms with Crippen molar-refractivity contribution in [1.29, 1.82) is 0 Å². The molecule has 4 rings (SSSR count). The van der Waals surface area contributed by atoms with Crippen molar-refractivity contribution in [2.75, 3.05) is 6.54 Å². The number of sulfonamides is 1. The van der Waals surface area contributed by atoms with E-state index in [9.17, 15) is 18.3 Å². The lowest BCUT2D eigenvalue weighted by atomic mass is 10.0. The summed E-state index contributed by atoms with van der Waals surface area (Å²) in [6.45, 7) is 2.13. The van der Waals surface area contributed by atoms with Crippen molar-refractivity contribution in [3.63, 3.8) is 0 Å². The van der Waals surface area contributed by atoms with Crippen molar-refractivity contribution in [3.8, 4) is 0 Å². The summed E-state index contributed by atoms with van der Waals surface area (Å²) < 4.78 is 27.7. The van der Waals surface area contributed by atoms with E-state index < -0.39 is 22.0 Å². The minimum atomic E-state index is -3.88.